The highest BCUT2D eigenvalue weighted by molar-refractivity contribution is 6.30. The molecule has 0 aromatic heterocycles. The van der Waals surface area contributed by atoms with Gasteiger partial charge in [-0.15, -0.1) is 0 Å². The minimum absolute atomic E-state index is 0.0144. The van der Waals surface area contributed by atoms with Crippen molar-refractivity contribution < 1.29 is 9.90 Å². The first-order valence-corrected chi connectivity index (χ1v) is 7.02. The van der Waals surface area contributed by atoms with Gasteiger partial charge in [0.25, 0.3) is 0 Å². The van der Waals surface area contributed by atoms with Crippen molar-refractivity contribution in [3.05, 3.63) is 29.3 Å². The van der Waals surface area contributed by atoms with Gasteiger partial charge in [-0.3, -0.25) is 0 Å². The predicted octanol–water partition coefficient (Wildman–Crippen LogP) is 3.11. The number of hydrogen-bond acceptors (Lipinski definition) is 2. The number of halogens is 1. The van der Waals surface area contributed by atoms with E-state index < -0.39 is 0 Å². The molecule has 19 heavy (non-hydrogen) atoms. The van der Waals surface area contributed by atoms with Crippen molar-refractivity contribution in [2.75, 3.05) is 18.5 Å². The van der Waals surface area contributed by atoms with Crippen LogP contribution in [0.25, 0.3) is 0 Å². The first kappa shape index (κ1) is 14.2. The second kappa shape index (κ2) is 6.78. The van der Waals surface area contributed by atoms with Crippen molar-refractivity contribution >= 4 is 23.3 Å². The van der Waals surface area contributed by atoms with Gasteiger partial charge in [0, 0.05) is 23.3 Å². The van der Waals surface area contributed by atoms with Crippen LogP contribution in [0.4, 0.5) is 10.5 Å². The minimum atomic E-state index is -0.164. The topological polar surface area (TPSA) is 52.6 Å². The Morgan fingerprint density at radius 3 is 2.79 bits per heavy atom. The molecule has 1 aromatic carbocycles. The summed E-state index contributed by atoms with van der Waals surface area (Å²) in [6.07, 6.45) is 4.33. The van der Waals surface area contributed by atoms with Crippen molar-refractivity contribution in [3.8, 4) is 0 Å². The quantitative estimate of drug-likeness (QED) is 0.891. The highest BCUT2D eigenvalue weighted by Gasteiger charge is 2.26. The Balaban J connectivity index is 2.02. The number of carbonyl (C=O) groups is 1. The number of urea groups is 1. The van der Waals surface area contributed by atoms with Crippen molar-refractivity contribution in [1.29, 1.82) is 0 Å². The molecular weight excluding hydrogens is 264 g/mol. The van der Waals surface area contributed by atoms with E-state index in [0.717, 1.165) is 25.7 Å². The lowest BCUT2D eigenvalue weighted by molar-refractivity contribution is 0.163. The molecule has 0 radical (unpaired) electrons. The third-order valence-corrected chi connectivity index (χ3v) is 3.68. The average molecular weight is 283 g/mol. The van der Waals surface area contributed by atoms with Crippen LogP contribution in [0, 0.1) is 0 Å². The molecule has 0 bridgehead atoms. The molecule has 1 fully saturated rings. The molecule has 4 nitrogen and oxygen atoms in total. The molecule has 0 spiro atoms. The van der Waals surface area contributed by atoms with Gasteiger partial charge in [0.2, 0.25) is 0 Å². The summed E-state index contributed by atoms with van der Waals surface area (Å²) in [6, 6.07) is 7.15. The summed E-state index contributed by atoms with van der Waals surface area (Å²) in [7, 11) is 0. The molecule has 2 rings (SSSR count). The molecule has 0 unspecified atom stereocenters. The molecule has 1 aliphatic rings. The summed E-state index contributed by atoms with van der Waals surface area (Å²) in [5.41, 5.74) is 0.679. The number of rotatable bonds is 4. The first-order valence-electron chi connectivity index (χ1n) is 6.65. The molecule has 104 valence electrons. The molecule has 0 heterocycles. The number of aliphatic hydroxyl groups is 1. The zero-order valence-electron chi connectivity index (χ0n) is 10.8. The van der Waals surface area contributed by atoms with E-state index in [4.69, 9.17) is 16.7 Å². The van der Waals surface area contributed by atoms with E-state index in [1.807, 2.05) is 0 Å². The fraction of sp³-hybridized carbons (Fsp3) is 0.500. The van der Waals surface area contributed by atoms with Crippen LogP contribution < -0.4 is 5.32 Å². The van der Waals surface area contributed by atoms with Crippen LogP contribution in [0.1, 0.15) is 25.7 Å². The lowest BCUT2D eigenvalue weighted by Gasteiger charge is -2.28. The highest BCUT2D eigenvalue weighted by atomic mass is 35.5. The highest BCUT2D eigenvalue weighted by Crippen LogP contribution is 2.24. The summed E-state index contributed by atoms with van der Waals surface area (Å²) in [4.78, 5) is 14.0. The average Bonchev–Trinajstić information content (AvgIpc) is 2.89. The van der Waals surface area contributed by atoms with Crippen LogP contribution in [0.3, 0.4) is 0 Å². The van der Waals surface area contributed by atoms with Gasteiger partial charge in [-0.05, 0) is 31.0 Å². The zero-order chi connectivity index (χ0) is 13.7. The Morgan fingerprint density at radius 1 is 1.42 bits per heavy atom. The summed E-state index contributed by atoms with van der Waals surface area (Å²) < 4.78 is 0. The SMILES string of the molecule is O=C(Nc1cccc(Cl)c1)N(CCO)C1CCCC1. The third-order valence-electron chi connectivity index (χ3n) is 3.44. The molecule has 2 amide bonds. The van der Waals surface area contributed by atoms with Gasteiger partial charge >= 0.3 is 6.03 Å². The monoisotopic (exact) mass is 282 g/mol. The lowest BCUT2D eigenvalue weighted by Crippen LogP contribution is -2.43. The van der Waals surface area contributed by atoms with Crippen LogP contribution in [-0.2, 0) is 0 Å². The Hall–Kier alpha value is -1.26. The molecule has 5 heteroatoms. The molecule has 0 atom stereocenters. The van der Waals surface area contributed by atoms with Crippen LogP contribution in [0.15, 0.2) is 24.3 Å². The van der Waals surface area contributed by atoms with Crippen molar-refractivity contribution in [2.45, 2.75) is 31.7 Å². The van der Waals surface area contributed by atoms with E-state index in [1.165, 1.54) is 0 Å². The Kier molecular flexibility index (Phi) is 5.05. The maximum Gasteiger partial charge on any atom is 0.322 e. The molecule has 1 aliphatic carbocycles. The van der Waals surface area contributed by atoms with Gasteiger partial charge in [0.1, 0.15) is 0 Å². The van der Waals surface area contributed by atoms with Gasteiger partial charge < -0.3 is 15.3 Å². The van der Waals surface area contributed by atoms with Crippen molar-refractivity contribution in [1.82, 2.24) is 4.90 Å². The summed E-state index contributed by atoms with van der Waals surface area (Å²) in [5.74, 6) is 0. The predicted molar refractivity (Wildman–Crippen MR) is 76.5 cm³/mol. The van der Waals surface area contributed by atoms with E-state index in [9.17, 15) is 4.79 Å². The summed E-state index contributed by atoms with van der Waals surface area (Å²) >= 11 is 5.89. The summed E-state index contributed by atoms with van der Waals surface area (Å²) in [5, 5.41) is 12.5. The van der Waals surface area contributed by atoms with Gasteiger partial charge in [-0.2, -0.15) is 0 Å². The van der Waals surface area contributed by atoms with E-state index in [-0.39, 0.29) is 18.7 Å². The van der Waals surface area contributed by atoms with Crippen LogP contribution in [0.2, 0.25) is 5.02 Å². The molecule has 1 saturated carbocycles. The normalized spacial score (nSPS) is 15.5. The smallest absolute Gasteiger partial charge is 0.322 e. The lowest BCUT2D eigenvalue weighted by atomic mass is 10.2. The molecular formula is C14H19ClN2O2. The second-order valence-corrected chi connectivity index (χ2v) is 5.23. The molecule has 1 aromatic rings. The number of aliphatic hydroxyl groups excluding tert-OH is 1. The van der Waals surface area contributed by atoms with E-state index in [0.29, 0.717) is 17.3 Å². The number of benzene rings is 1. The fourth-order valence-electron chi connectivity index (χ4n) is 2.54. The minimum Gasteiger partial charge on any atom is -0.395 e. The van der Waals surface area contributed by atoms with E-state index >= 15 is 0 Å². The molecule has 0 aliphatic heterocycles. The van der Waals surface area contributed by atoms with Gasteiger partial charge in [0.05, 0.1) is 6.61 Å². The van der Waals surface area contributed by atoms with Crippen molar-refractivity contribution in [2.24, 2.45) is 0 Å². The van der Waals surface area contributed by atoms with Crippen LogP contribution >= 0.6 is 11.6 Å². The maximum atomic E-state index is 12.3. The standard InChI is InChI=1S/C14H19ClN2O2/c15-11-4-3-5-12(10-11)16-14(19)17(8-9-18)13-6-1-2-7-13/h3-5,10,13,18H,1-2,6-9H2,(H,16,19). The first-order chi connectivity index (χ1) is 9.20. The Morgan fingerprint density at radius 2 is 2.16 bits per heavy atom. The fourth-order valence-corrected chi connectivity index (χ4v) is 2.73. The van der Waals surface area contributed by atoms with Crippen LogP contribution in [0.5, 0.6) is 0 Å². The van der Waals surface area contributed by atoms with Gasteiger partial charge in [0.15, 0.2) is 0 Å². The zero-order valence-corrected chi connectivity index (χ0v) is 11.6. The third kappa shape index (κ3) is 3.85. The number of nitrogens with zero attached hydrogens (tertiary/aromatic N) is 1. The van der Waals surface area contributed by atoms with Gasteiger partial charge in [-0.25, -0.2) is 4.79 Å². The Bertz CT molecular complexity index is 433. The van der Waals surface area contributed by atoms with E-state index in [2.05, 4.69) is 5.32 Å². The van der Waals surface area contributed by atoms with Crippen molar-refractivity contribution in [3.63, 3.8) is 0 Å². The number of amides is 2. The Labute approximate surface area is 118 Å². The van der Waals surface area contributed by atoms with Gasteiger partial charge in [-0.1, -0.05) is 30.5 Å². The summed E-state index contributed by atoms with van der Waals surface area (Å²) in [6.45, 7) is 0.358. The maximum absolute atomic E-state index is 12.3. The number of anilines is 1. The number of hydrogen-bond donors (Lipinski definition) is 2. The number of carbonyl (C=O) groups excluding carboxylic acids is 1. The largest absolute Gasteiger partial charge is 0.395 e. The molecule has 2 N–H and O–H groups in total. The molecule has 0 saturated heterocycles. The number of nitrogens with one attached hydrogen (secondary N) is 1. The second-order valence-electron chi connectivity index (χ2n) is 4.80. The van der Waals surface area contributed by atoms with Crippen LogP contribution in [-0.4, -0.2) is 35.2 Å². The van der Waals surface area contributed by atoms with E-state index in [1.54, 1.807) is 29.2 Å².